The molecule has 2 rings (SSSR count). The largest absolute Gasteiger partial charge is 0.385 e. The molecule has 1 aliphatic rings. The fourth-order valence-electron chi connectivity index (χ4n) is 1.54. The molecule has 1 saturated carbocycles. The van der Waals surface area contributed by atoms with Crippen LogP contribution in [0.4, 0.5) is 0 Å². The van der Waals surface area contributed by atoms with Gasteiger partial charge in [-0.15, -0.1) is 0 Å². The topological polar surface area (TPSA) is 39.1 Å². The van der Waals surface area contributed by atoms with Crippen molar-refractivity contribution in [3.8, 4) is 0 Å². The highest BCUT2D eigenvalue weighted by Gasteiger charge is 2.19. The van der Waals surface area contributed by atoms with Gasteiger partial charge in [0.2, 0.25) is 0 Å². The minimum absolute atomic E-state index is 0.766. The van der Waals surface area contributed by atoms with Gasteiger partial charge in [-0.1, -0.05) is 0 Å². The Bertz CT molecular complexity index is 294. The summed E-state index contributed by atoms with van der Waals surface area (Å²) in [5.41, 5.74) is 1.28. The zero-order valence-electron chi connectivity index (χ0n) is 9.28. The van der Waals surface area contributed by atoms with Crippen molar-refractivity contribution in [3.63, 3.8) is 0 Å². The first-order valence-corrected chi connectivity index (χ1v) is 5.62. The highest BCUT2D eigenvalue weighted by atomic mass is 16.5. The zero-order valence-corrected chi connectivity index (χ0v) is 9.28. The number of methoxy groups -OCH3 is 1. The lowest BCUT2D eigenvalue weighted by molar-refractivity contribution is 0.189. The van der Waals surface area contributed by atoms with Gasteiger partial charge in [-0.05, 0) is 19.3 Å². The second-order valence-electron chi connectivity index (χ2n) is 4.11. The Kier molecular flexibility index (Phi) is 3.75. The van der Waals surface area contributed by atoms with Crippen LogP contribution >= 0.6 is 0 Å². The molecule has 1 N–H and O–H groups in total. The molecule has 1 fully saturated rings. The van der Waals surface area contributed by atoms with E-state index in [1.165, 1.54) is 18.4 Å². The van der Waals surface area contributed by atoms with Gasteiger partial charge in [0.1, 0.15) is 0 Å². The molecule has 0 atom stereocenters. The van der Waals surface area contributed by atoms with Crippen LogP contribution in [0.15, 0.2) is 12.4 Å². The Morgan fingerprint density at radius 2 is 2.47 bits per heavy atom. The lowest BCUT2D eigenvalue weighted by Crippen LogP contribution is -2.14. The van der Waals surface area contributed by atoms with Gasteiger partial charge in [0.05, 0.1) is 6.20 Å². The number of hydrogen-bond donors (Lipinski definition) is 1. The average molecular weight is 209 g/mol. The third-order valence-corrected chi connectivity index (χ3v) is 2.59. The summed E-state index contributed by atoms with van der Waals surface area (Å²) in [5, 5.41) is 7.78. The number of aromatic nitrogens is 2. The number of nitrogens with zero attached hydrogens (tertiary/aromatic N) is 2. The van der Waals surface area contributed by atoms with Crippen LogP contribution in [0, 0.1) is 0 Å². The first-order chi connectivity index (χ1) is 7.38. The van der Waals surface area contributed by atoms with Crippen LogP contribution in [-0.2, 0) is 17.8 Å². The van der Waals surface area contributed by atoms with Crippen molar-refractivity contribution >= 4 is 0 Å². The second kappa shape index (κ2) is 5.28. The molecule has 0 aliphatic heterocycles. The SMILES string of the molecule is COCCCn1cc(CNC2CC2)cn1. The first kappa shape index (κ1) is 10.6. The molecule has 1 aliphatic carbocycles. The first-order valence-electron chi connectivity index (χ1n) is 5.62. The maximum absolute atomic E-state index is 5.00. The summed E-state index contributed by atoms with van der Waals surface area (Å²) in [6, 6.07) is 0.766. The molecule has 0 aromatic carbocycles. The minimum Gasteiger partial charge on any atom is -0.385 e. The normalized spacial score (nSPS) is 15.8. The monoisotopic (exact) mass is 209 g/mol. The van der Waals surface area contributed by atoms with E-state index in [9.17, 15) is 0 Å². The van der Waals surface area contributed by atoms with Crippen molar-refractivity contribution in [1.29, 1.82) is 0 Å². The fraction of sp³-hybridized carbons (Fsp3) is 0.727. The van der Waals surface area contributed by atoms with E-state index < -0.39 is 0 Å². The summed E-state index contributed by atoms with van der Waals surface area (Å²) in [6.45, 7) is 2.70. The molecule has 0 unspecified atom stereocenters. The van der Waals surface area contributed by atoms with Gasteiger partial charge in [-0.25, -0.2) is 0 Å². The predicted octanol–water partition coefficient (Wildman–Crippen LogP) is 1.17. The summed E-state index contributed by atoms with van der Waals surface area (Å²) in [4.78, 5) is 0. The Morgan fingerprint density at radius 3 is 3.20 bits per heavy atom. The third-order valence-electron chi connectivity index (χ3n) is 2.59. The maximum atomic E-state index is 5.00. The van der Waals surface area contributed by atoms with Gasteiger partial charge in [0.25, 0.3) is 0 Å². The van der Waals surface area contributed by atoms with E-state index in [1.807, 2.05) is 10.9 Å². The van der Waals surface area contributed by atoms with Crippen LogP contribution < -0.4 is 5.32 Å². The van der Waals surface area contributed by atoms with Crippen LogP contribution in [0.2, 0.25) is 0 Å². The number of rotatable bonds is 7. The van der Waals surface area contributed by atoms with Crippen molar-refractivity contribution in [2.45, 2.75) is 38.4 Å². The van der Waals surface area contributed by atoms with Crippen LogP contribution in [-0.4, -0.2) is 29.5 Å². The van der Waals surface area contributed by atoms with Gasteiger partial charge in [0, 0.05) is 44.6 Å². The summed E-state index contributed by atoms with van der Waals surface area (Å²) in [5.74, 6) is 0. The molecule has 1 aromatic rings. The molecule has 84 valence electrons. The van der Waals surface area contributed by atoms with E-state index in [4.69, 9.17) is 4.74 Å². The zero-order chi connectivity index (χ0) is 10.5. The van der Waals surface area contributed by atoms with Crippen LogP contribution in [0.25, 0.3) is 0 Å². The Morgan fingerprint density at radius 1 is 1.60 bits per heavy atom. The molecule has 0 spiro atoms. The molecule has 0 radical (unpaired) electrons. The fourth-order valence-corrected chi connectivity index (χ4v) is 1.54. The number of ether oxygens (including phenoxy) is 1. The van der Waals surface area contributed by atoms with Crippen LogP contribution in [0.5, 0.6) is 0 Å². The molecule has 1 aromatic heterocycles. The average Bonchev–Trinajstić information content (AvgIpc) is 2.97. The van der Waals surface area contributed by atoms with Gasteiger partial charge < -0.3 is 10.1 Å². The molecule has 0 bridgehead atoms. The van der Waals surface area contributed by atoms with E-state index in [0.29, 0.717) is 0 Å². The van der Waals surface area contributed by atoms with E-state index in [0.717, 1.165) is 32.2 Å². The predicted molar refractivity (Wildman–Crippen MR) is 58.6 cm³/mol. The molecule has 0 saturated heterocycles. The molecule has 0 amide bonds. The van der Waals surface area contributed by atoms with Crippen LogP contribution in [0.1, 0.15) is 24.8 Å². The number of aryl methyl sites for hydroxylation is 1. The minimum atomic E-state index is 0.766. The summed E-state index contributed by atoms with van der Waals surface area (Å²) in [6.07, 6.45) is 7.75. The summed E-state index contributed by atoms with van der Waals surface area (Å²) in [7, 11) is 1.73. The second-order valence-corrected chi connectivity index (χ2v) is 4.11. The highest BCUT2D eigenvalue weighted by molar-refractivity contribution is 5.04. The summed E-state index contributed by atoms with van der Waals surface area (Å²) < 4.78 is 6.99. The molecule has 15 heavy (non-hydrogen) atoms. The number of hydrogen-bond acceptors (Lipinski definition) is 3. The Labute approximate surface area is 90.6 Å². The molecule has 4 nitrogen and oxygen atoms in total. The highest BCUT2D eigenvalue weighted by Crippen LogP contribution is 2.19. The van der Waals surface area contributed by atoms with Crippen LogP contribution in [0.3, 0.4) is 0 Å². The lowest BCUT2D eigenvalue weighted by Gasteiger charge is -2.00. The van der Waals surface area contributed by atoms with Crippen molar-refractivity contribution < 1.29 is 4.74 Å². The van der Waals surface area contributed by atoms with E-state index >= 15 is 0 Å². The number of nitrogens with one attached hydrogen (secondary N) is 1. The van der Waals surface area contributed by atoms with Gasteiger partial charge in [-0.2, -0.15) is 5.10 Å². The molecular weight excluding hydrogens is 190 g/mol. The van der Waals surface area contributed by atoms with Crippen molar-refractivity contribution in [3.05, 3.63) is 18.0 Å². The Balaban J connectivity index is 1.70. The van der Waals surface area contributed by atoms with Gasteiger partial charge >= 0.3 is 0 Å². The van der Waals surface area contributed by atoms with Gasteiger partial charge in [0.15, 0.2) is 0 Å². The van der Waals surface area contributed by atoms with E-state index in [2.05, 4.69) is 16.6 Å². The van der Waals surface area contributed by atoms with Crippen molar-refractivity contribution in [2.75, 3.05) is 13.7 Å². The molecule has 4 heteroatoms. The van der Waals surface area contributed by atoms with E-state index in [1.54, 1.807) is 7.11 Å². The Hall–Kier alpha value is -0.870. The smallest absolute Gasteiger partial charge is 0.0534 e. The van der Waals surface area contributed by atoms with Crippen molar-refractivity contribution in [1.82, 2.24) is 15.1 Å². The lowest BCUT2D eigenvalue weighted by atomic mass is 10.3. The standard InChI is InChI=1S/C11H19N3O/c1-15-6-2-5-14-9-10(8-13-14)7-12-11-3-4-11/h8-9,11-12H,2-7H2,1H3. The van der Waals surface area contributed by atoms with Gasteiger partial charge in [-0.3, -0.25) is 4.68 Å². The maximum Gasteiger partial charge on any atom is 0.0534 e. The molecular formula is C11H19N3O. The summed E-state index contributed by atoms with van der Waals surface area (Å²) >= 11 is 0. The third kappa shape index (κ3) is 3.64. The quantitative estimate of drug-likeness (QED) is 0.685. The molecule has 1 heterocycles. The van der Waals surface area contributed by atoms with E-state index in [-0.39, 0.29) is 0 Å². The van der Waals surface area contributed by atoms with Crippen molar-refractivity contribution in [2.24, 2.45) is 0 Å².